The first kappa shape index (κ1) is 21.7. The van der Waals surface area contributed by atoms with Crippen LogP contribution in [0.1, 0.15) is 29.8 Å². The van der Waals surface area contributed by atoms with Crippen LogP contribution < -0.4 is 20.7 Å². The number of halogens is 1. The van der Waals surface area contributed by atoms with Gasteiger partial charge in [0.25, 0.3) is 5.91 Å². The Morgan fingerprint density at radius 2 is 1.82 bits per heavy atom. The SMILES string of the molecule is COc1cc(NC(=S)NC(=O)c2ccc(C)c(Cl)c2)ccc1NC(=O)C(C)C. The third kappa shape index (κ3) is 5.68. The Kier molecular flexibility index (Phi) is 7.37. The predicted octanol–water partition coefficient (Wildman–Crippen LogP) is 4.38. The predicted molar refractivity (Wildman–Crippen MR) is 116 cm³/mol. The number of aryl methyl sites for hydroxylation is 1. The second-order valence-electron chi connectivity index (χ2n) is 6.43. The molecule has 0 radical (unpaired) electrons. The summed E-state index contributed by atoms with van der Waals surface area (Å²) in [6.45, 7) is 5.47. The number of carbonyl (C=O) groups excluding carboxylic acids is 2. The Bertz CT molecular complexity index is 916. The van der Waals surface area contributed by atoms with E-state index < -0.39 is 0 Å². The molecule has 0 saturated carbocycles. The number of rotatable bonds is 5. The highest BCUT2D eigenvalue weighted by Crippen LogP contribution is 2.28. The third-order valence-electron chi connectivity index (χ3n) is 3.90. The maximum atomic E-state index is 12.3. The Balaban J connectivity index is 2.05. The fourth-order valence-electron chi connectivity index (χ4n) is 2.22. The molecule has 0 unspecified atom stereocenters. The zero-order chi connectivity index (χ0) is 20.8. The van der Waals surface area contributed by atoms with Gasteiger partial charge in [0.05, 0.1) is 12.8 Å². The summed E-state index contributed by atoms with van der Waals surface area (Å²) in [6.07, 6.45) is 0. The molecule has 0 atom stereocenters. The fraction of sp³-hybridized carbons (Fsp3) is 0.250. The molecule has 0 saturated heterocycles. The van der Waals surface area contributed by atoms with Gasteiger partial charge in [-0.05, 0) is 49.0 Å². The first-order valence-corrected chi connectivity index (χ1v) is 9.37. The maximum absolute atomic E-state index is 12.3. The number of nitrogens with one attached hydrogen (secondary N) is 3. The van der Waals surface area contributed by atoms with E-state index in [2.05, 4.69) is 16.0 Å². The van der Waals surface area contributed by atoms with Crippen LogP contribution >= 0.6 is 23.8 Å². The van der Waals surface area contributed by atoms with E-state index >= 15 is 0 Å². The number of carbonyl (C=O) groups is 2. The maximum Gasteiger partial charge on any atom is 0.257 e. The van der Waals surface area contributed by atoms with Crippen molar-refractivity contribution in [1.29, 1.82) is 0 Å². The fourth-order valence-corrected chi connectivity index (χ4v) is 2.61. The molecule has 0 aliphatic heterocycles. The van der Waals surface area contributed by atoms with Gasteiger partial charge < -0.3 is 15.4 Å². The summed E-state index contributed by atoms with van der Waals surface area (Å²) in [7, 11) is 1.51. The number of methoxy groups -OCH3 is 1. The summed E-state index contributed by atoms with van der Waals surface area (Å²) in [4.78, 5) is 24.2. The van der Waals surface area contributed by atoms with E-state index in [1.165, 1.54) is 7.11 Å². The third-order valence-corrected chi connectivity index (χ3v) is 4.51. The molecular weight excluding hydrogens is 398 g/mol. The van der Waals surface area contributed by atoms with Gasteiger partial charge in [0.1, 0.15) is 5.75 Å². The largest absolute Gasteiger partial charge is 0.494 e. The van der Waals surface area contributed by atoms with Crippen LogP contribution in [0.3, 0.4) is 0 Å². The molecule has 8 heteroatoms. The van der Waals surface area contributed by atoms with Crippen LogP contribution in [0.2, 0.25) is 5.02 Å². The van der Waals surface area contributed by atoms with E-state index in [0.29, 0.717) is 27.7 Å². The molecule has 0 aliphatic rings. The minimum absolute atomic E-state index is 0.112. The van der Waals surface area contributed by atoms with Crippen LogP contribution in [-0.2, 0) is 4.79 Å². The van der Waals surface area contributed by atoms with Crippen molar-refractivity contribution in [3.05, 3.63) is 52.5 Å². The number of thiocarbonyl (C=S) groups is 1. The molecule has 0 bridgehead atoms. The van der Waals surface area contributed by atoms with Crippen molar-refractivity contribution in [3.63, 3.8) is 0 Å². The average molecular weight is 420 g/mol. The minimum atomic E-state index is -0.368. The van der Waals surface area contributed by atoms with Gasteiger partial charge in [-0.1, -0.05) is 31.5 Å². The molecular formula is C20H22ClN3O3S. The minimum Gasteiger partial charge on any atom is -0.494 e. The van der Waals surface area contributed by atoms with E-state index in [1.807, 2.05) is 6.92 Å². The van der Waals surface area contributed by atoms with Gasteiger partial charge in [0.2, 0.25) is 5.91 Å². The second kappa shape index (κ2) is 9.52. The van der Waals surface area contributed by atoms with Crippen molar-refractivity contribution < 1.29 is 14.3 Å². The van der Waals surface area contributed by atoms with Gasteiger partial charge in [-0.3, -0.25) is 14.9 Å². The highest BCUT2D eigenvalue weighted by molar-refractivity contribution is 7.80. The highest BCUT2D eigenvalue weighted by atomic mass is 35.5. The number of benzene rings is 2. The number of ether oxygens (including phenoxy) is 1. The van der Waals surface area contributed by atoms with Crippen molar-refractivity contribution in [2.24, 2.45) is 5.92 Å². The van der Waals surface area contributed by atoms with Gasteiger partial charge in [0.15, 0.2) is 5.11 Å². The number of hydrogen-bond acceptors (Lipinski definition) is 4. The number of amides is 2. The molecule has 3 N–H and O–H groups in total. The molecule has 0 aromatic heterocycles. The normalized spacial score (nSPS) is 10.4. The highest BCUT2D eigenvalue weighted by Gasteiger charge is 2.13. The summed E-state index contributed by atoms with van der Waals surface area (Å²) in [5, 5.41) is 8.96. The van der Waals surface area contributed by atoms with Gasteiger partial charge in [-0.2, -0.15) is 0 Å². The summed E-state index contributed by atoms with van der Waals surface area (Å²) < 4.78 is 5.32. The quantitative estimate of drug-likeness (QED) is 0.627. The summed E-state index contributed by atoms with van der Waals surface area (Å²) in [5.74, 6) is -0.162. The lowest BCUT2D eigenvalue weighted by atomic mass is 10.1. The van der Waals surface area contributed by atoms with Gasteiger partial charge in [-0.25, -0.2) is 0 Å². The standard InChI is InChI=1S/C20H22ClN3O3S/c1-11(2)18(25)23-16-8-7-14(10-17(16)27-4)22-20(28)24-19(26)13-6-5-12(3)15(21)9-13/h5-11H,1-4H3,(H,23,25)(H2,22,24,26,28). The summed E-state index contributed by atoms with van der Waals surface area (Å²) in [6, 6.07) is 10.1. The van der Waals surface area contributed by atoms with E-state index in [9.17, 15) is 9.59 Å². The Morgan fingerprint density at radius 1 is 1.11 bits per heavy atom. The molecule has 28 heavy (non-hydrogen) atoms. The van der Waals surface area contributed by atoms with Gasteiger partial charge in [0, 0.05) is 28.3 Å². The zero-order valence-corrected chi connectivity index (χ0v) is 17.6. The Labute approximate surface area is 174 Å². The number of hydrogen-bond donors (Lipinski definition) is 3. The van der Waals surface area contributed by atoms with E-state index in [1.54, 1.807) is 50.2 Å². The molecule has 0 spiro atoms. The van der Waals surface area contributed by atoms with E-state index in [4.69, 9.17) is 28.6 Å². The van der Waals surface area contributed by atoms with Gasteiger partial charge >= 0.3 is 0 Å². The molecule has 6 nitrogen and oxygen atoms in total. The lowest BCUT2D eigenvalue weighted by Gasteiger charge is -2.15. The molecule has 0 heterocycles. The second-order valence-corrected chi connectivity index (χ2v) is 7.25. The molecule has 148 valence electrons. The number of anilines is 2. The average Bonchev–Trinajstić information content (AvgIpc) is 2.64. The Morgan fingerprint density at radius 3 is 2.43 bits per heavy atom. The van der Waals surface area contributed by atoms with Crippen molar-refractivity contribution >= 4 is 52.1 Å². The van der Waals surface area contributed by atoms with Crippen LogP contribution in [-0.4, -0.2) is 24.0 Å². The van der Waals surface area contributed by atoms with Crippen molar-refractivity contribution in [2.75, 3.05) is 17.7 Å². The van der Waals surface area contributed by atoms with Crippen molar-refractivity contribution in [1.82, 2.24) is 5.32 Å². The molecule has 2 rings (SSSR count). The van der Waals surface area contributed by atoms with Crippen LogP contribution in [0.25, 0.3) is 0 Å². The topological polar surface area (TPSA) is 79.5 Å². The molecule has 0 aliphatic carbocycles. The summed E-state index contributed by atoms with van der Waals surface area (Å²) >= 11 is 11.3. The van der Waals surface area contributed by atoms with Crippen LogP contribution in [0.15, 0.2) is 36.4 Å². The van der Waals surface area contributed by atoms with Crippen LogP contribution in [0, 0.1) is 12.8 Å². The molecule has 2 aromatic rings. The van der Waals surface area contributed by atoms with Crippen molar-refractivity contribution in [2.45, 2.75) is 20.8 Å². The molecule has 2 amide bonds. The summed E-state index contributed by atoms with van der Waals surface area (Å²) in [5.41, 5.74) is 2.45. The van der Waals surface area contributed by atoms with Gasteiger partial charge in [-0.15, -0.1) is 0 Å². The first-order chi connectivity index (χ1) is 13.2. The molecule has 0 fully saturated rings. The monoisotopic (exact) mass is 419 g/mol. The van der Waals surface area contributed by atoms with Crippen LogP contribution in [0.4, 0.5) is 11.4 Å². The lowest BCUT2D eigenvalue weighted by Crippen LogP contribution is -2.34. The first-order valence-electron chi connectivity index (χ1n) is 8.58. The molecule has 2 aromatic carbocycles. The smallest absolute Gasteiger partial charge is 0.257 e. The lowest BCUT2D eigenvalue weighted by molar-refractivity contribution is -0.118. The zero-order valence-electron chi connectivity index (χ0n) is 16.1. The van der Waals surface area contributed by atoms with Crippen LogP contribution in [0.5, 0.6) is 5.75 Å². The Hall–Kier alpha value is -2.64. The van der Waals surface area contributed by atoms with Crippen molar-refractivity contribution in [3.8, 4) is 5.75 Å². The van der Waals surface area contributed by atoms with E-state index in [-0.39, 0.29) is 22.8 Å². The van der Waals surface area contributed by atoms with E-state index in [0.717, 1.165) is 5.56 Å².